The summed E-state index contributed by atoms with van der Waals surface area (Å²) in [7, 11) is 4.67. The standard InChI is InChI=1S/C24H23N3O5/c1-30-20-11-6-16(7-12-20)23(28)26-19-9-4-17(5-10-19)24(29)27-25-15-18-8-13-21(31-2)14-22(18)32-3/h4-15H,1-3H3,(H,26,28)(H,27,29)/b25-15+. The molecule has 0 atom stereocenters. The number of nitrogens with zero attached hydrogens (tertiary/aromatic N) is 1. The van der Waals surface area contributed by atoms with Crippen molar-refractivity contribution in [3.05, 3.63) is 83.4 Å². The molecule has 0 bridgehead atoms. The monoisotopic (exact) mass is 433 g/mol. The van der Waals surface area contributed by atoms with Crippen LogP contribution in [0, 0.1) is 0 Å². The number of benzene rings is 3. The predicted octanol–water partition coefficient (Wildman–Crippen LogP) is 3.73. The Labute approximate surface area is 185 Å². The number of nitrogens with one attached hydrogen (secondary N) is 2. The molecule has 0 saturated carbocycles. The number of hydrazone groups is 1. The summed E-state index contributed by atoms with van der Waals surface area (Å²) in [5, 5.41) is 6.76. The van der Waals surface area contributed by atoms with Crippen LogP contribution in [0.15, 0.2) is 71.8 Å². The van der Waals surface area contributed by atoms with Crippen LogP contribution in [0.25, 0.3) is 0 Å². The minimum absolute atomic E-state index is 0.261. The van der Waals surface area contributed by atoms with E-state index in [0.717, 1.165) is 0 Å². The Kier molecular flexibility index (Phi) is 7.42. The Bertz CT molecular complexity index is 1110. The molecule has 0 fully saturated rings. The molecule has 8 nitrogen and oxygen atoms in total. The van der Waals surface area contributed by atoms with Crippen molar-refractivity contribution in [3.8, 4) is 17.2 Å². The van der Waals surface area contributed by atoms with Crippen molar-refractivity contribution in [2.75, 3.05) is 26.6 Å². The molecular formula is C24H23N3O5. The molecule has 3 aromatic rings. The highest BCUT2D eigenvalue weighted by molar-refractivity contribution is 6.04. The maximum absolute atomic E-state index is 12.3. The van der Waals surface area contributed by atoms with Crippen molar-refractivity contribution in [2.24, 2.45) is 5.10 Å². The van der Waals surface area contributed by atoms with Gasteiger partial charge < -0.3 is 19.5 Å². The Morgan fingerprint density at radius 1 is 0.750 bits per heavy atom. The smallest absolute Gasteiger partial charge is 0.271 e. The van der Waals surface area contributed by atoms with E-state index in [1.807, 2.05) is 0 Å². The molecule has 0 unspecified atom stereocenters. The maximum atomic E-state index is 12.3. The molecule has 164 valence electrons. The second kappa shape index (κ2) is 10.6. The lowest BCUT2D eigenvalue weighted by molar-refractivity contribution is 0.0954. The van der Waals surface area contributed by atoms with Crippen LogP contribution in [0.5, 0.6) is 17.2 Å². The minimum atomic E-state index is -0.387. The van der Waals surface area contributed by atoms with Crippen LogP contribution in [-0.2, 0) is 0 Å². The van der Waals surface area contributed by atoms with E-state index in [-0.39, 0.29) is 11.8 Å². The molecule has 3 aromatic carbocycles. The van der Waals surface area contributed by atoms with E-state index in [1.165, 1.54) is 6.21 Å². The number of methoxy groups -OCH3 is 3. The van der Waals surface area contributed by atoms with Gasteiger partial charge in [0.2, 0.25) is 0 Å². The van der Waals surface area contributed by atoms with Gasteiger partial charge in [0.05, 0.1) is 27.5 Å². The third-order valence-corrected chi connectivity index (χ3v) is 4.57. The molecule has 8 heteroatoms. The number of hydrogen-bond donors (Lipinski definition) is 2. The highest BCUT2D eigenvalue weighted by atomic mass is 16.5. The number of hydrogen-bond acceptors (Lipinski definition) is 6. The average molecular weight is 433 g/mol. The topological polar surface area (TPSA) is 98.2 Å². The first-order valence-electron chi connectivity index (χ1n) is 9.65. The SMILES string of the molecule is COc1ccc(C(=O)Nc2ccc(C(=O)N/N=C/c3ccc(OC)cc3OC)cc2)cc1. The lowest BCUT2D eigenvalue weighted by Gasteiger charge is -2.08. The first-order chi connectivity index (χ1) is 15.5. The van der Waals surface area contributed by atoms with Crippen molar-refractivity contribution in [3.63, 3.8) is 0 Å². The number of anilines is 1. The molecule has 0 aromatic heterocycles. The summed E-state index contributed by atoms with van der Waals surface area (Å²) in [5.74, 6) is 1.25. The van der Waals surface area contributed by atoms with Crippen LogP contribution in [0.4, 0.5) is 5.69 Å². The van der Waals surface area contributed by atoms with E-state index in [2.05, 4.69) is 15.8 Å². The molecule has 0 aliphatic rings. The van der Waals surface area contributed by atoms with Gasteiger partial charge in [0, 0.05) is 28.4 Å². The van der Waals surface area contributed by atoms with Crippen LogP contribution in [0.3, 0.4) is 0 Å². The Morgan fingerprint density at radius 3 is 1.97 bits per heavy atom. The molecule has 0 spiro atoms. The zero-order chi connectivity index (χ0) is 22.9. The lowest BCUT2D eigenvalue weighted by atomic mass is 10.1. The van der Waals surface area contributed by atoms with Gasteiger partial charge in [-0.25, -0.2) is 5.43 Å². The van der Waals surface area contributed by atoms with Crippen molar-refractivity contribution in [1.82, 2.24) is 5.43 Å². The quantitative estimate of drug-likeness (QED) is 0.417. The van der Waals surface area contributed by atoms with Crippen LogP contribution in [0.2, 0.25) is 0 Å². The summed E-state index contributed by atoms with van der Waals surface area (Å²) in [6.07, 6.45) is 1.49. The van der Waals surface area contributed by atoms with Crippen LogP contribution < -0.4 is 25.0 Å². The third-order valence-electron chi connectivity index (χ3n) is 4.57. The first-order valence-corrected chi connectivity index (χ1v) is 9.65. The van der Waals surface area contributed by atoms with Crippen LogP contribution in [0.1, 0.15) is 26.3 Å². The summed E-state index contributed by atoms with van der Waals surface area (Å²) in [5.41, 5.74) is 4.61. The second-order valence-corrected chi connectivity index (χ2v) is 6.57. The Balaban J connectivity index is 1.59. The van der Waals surface area contributed by atoms with Gasteiger partial charge in [0.1, 0.15) is 17.2 Å². The van der Waals surface area contributed by atoms with Gasteiger partial charge in [-0.2, -0.15) is 5.10 Å². The number of ether oxygens (including phenoxy) is 3. The van der Waals surface area contributed by atoms with Crippen molar-refractivity contribution in [1.29, 1.82) is 0 Å². The minimum Gasteiger partial charge on any atom is -0.497 e. The van der Waals surface area contributed by atoms with Gasteiger partial charge in [-0.15, -0.1) is 0 Å². The van der Waals surface area contributed by atoms with Crippen molar-refractivity contribution >= 4 is 23.7 Å². The van der Waals surface area contributed by atoms with Gasteiger partial charge >= 0.3 is 0 Å². The van der Waals surface area contributed by atoms with E-state index in [9.17, 15) is 9.59 Å². The van der Waals surface area contributed by atoms with E-state index in [1.54, 1.807) is 88.1 Å². The van der Waals surface area contributed by atoms with Gasteiger partial charge in [0.15, 0.2) is 0 Å². The average Bonchev–Trinajstić information content (AvgIpc) is 2.84. The largest absolute Gasteiger partial charge is 0.497 e. The molecule has 0 saturated heterocycles. The first kappa shape index (κ1) is 22.4. The van der Waals surface area contributed by atoms with Gasteiger partial charge in [-0.1, -0.05) is 0 Å². The number of carbonyl (C=O) groups excluding carboxylic acids is 2. The summed E-state index contributed by atoms with van der Waals surface area (Å²) < 4.78 is 15.5. The highest BCUT2D eigenvalue weighted by Crippen LogP contribution is 2.23. The second-order valence-electron chi connectivity index (χ2n) is 6.57. The number of amides is 2. The van der Waals surface area contributed by atoms with Crippen molar-refractivity contribution < 1.29 is 23.8 Å². The summed E-state index contributed by atoms with van der Waals surface area (Å²) in [4.78, 5) is 24.7. The van der Waals surface area contributed by atoms with E-state index >= 15 is 0 Å². The van der Waals surface area contributed by atoms with E-state index in [0.29, 0.717) is 39.6 Å². The third kappa shape index (κ3) is 5.63. The molecule has 2 amide bonds. The molecule has 0 radical (unpaired) electrons. The molecular weight excluding hydrogens is 410 g/mol. The molecule has 0 heterocycles. The predicted molar refractivity (Wildman–Crippen MR) is 122 cm³/mol. The zero-order valence-electron chi connectivity index (χ0n) is 17.9. The fourth-order valence-corrected chi connectivity index (χ4v) is 2.80. The molecule has 0 aliphatic heterocycles. The van der Waals surface area contributed by atoms with Gasteiger partial charge in [0.25, 0.3) is 11.8 Å². The van der Waals surface area contributed by atoms with Crippen LogP contribution in [-0.4, -0.2) is 39.4 Å². The molecule has 0 aliphatic carbocycles. The van der Waals surface area contributed by atoms with Gasteiger partial charge in [-0.3, -0.25) is 9.59 Å². The zero-order valence-corrected chi connectivity index (χ0v) is 17.9. The summed E-state index contributed by atoms with van der Waals surface area (Å²) in [6, 6.07) is 18.5. The van der Waals surface area contributed by atoms with E-state index in [4.69, 9.17) is 14.2 Å². The van der Waals surface area contributed by atoms with Crippen molar-refractivity contribution in [2.45, 2.75) is 0 Å². The normalized spacial score (nSPS) is 10.5. The fourth-order valence-electron chi connectivity index (χ4n) is 2.80. The molecule has 3 rings (SSSR count). The van der Waals surface area contributed by atoms with E-state index < -0.39 is 0 Å². The molecule has 32 heavy (non-hydrogen) atoms. The maximum Gasteiger partial charge on any atom is 0.271 e. The Morgan fingerprint density at radius 2 is 1.34 bits per heavy atom. The highest BCUT2D eigenvalue weighted by Gasteiger charge is 2.09. The summed E-state index contributed by atoms with van der Waals surface area (Å²) >= 11 is 0. The summed E-state index contributed by atoms with van der Waals surface area (Å²) in [6.45, 7) is 0. The Hall–Kier alpha value is -4.33. The fraction of sp³-hybridized carbons (Fsp3) is 0.125. The lowest BCUT2D eigenvalue weighted by Crippen LogP contribution is -2.18. The van der Waals surface area contributed by atoms with Crippen LogP contribution >= 0.6 is 0 Å². The number of carbonyl (C=O) groups is 2. The van der Waals surface area contributed by atoms with Gasteiger partial charge in [-0.05, 0) is 60.7 Å². The molecule has 2 N–H and O–H groups in total. The number of rotatable bonds is 8.